The van der Waals surface area contributed by atoms with Gasteiger partial charge in [-0.1, -0.05) is 52.3 Å². The molecule has 1 aromatic heterocycles. The van der Waals surface area contributed by atoms with Gasteiger partial charge in [-0.25, -0.2) is 9.97 Å². The van der Waals surface area contributed by atoms with Crippen molar-refractivity contribution in [2.24, 2.45) is 0 Å². The zero-order valence-electron chi connectivity index (χ0n) is 11.7. The maximum Gasteiger partial charge on any atom is 0.141 e. The van der Waals surface area contributed by atoms with Crippen LogP contribution in [-0.2, 0) is 0 Å². The Balaban J connectivity index is 0.00000154. The first kappa shape index (κ1) is 16.6. The highest BCUT2D eigenvalue weighted by Crippen LogP contribution is 2.19. The van der Waals surface area contributed by atoms with Gasteiger partial charge in [-0.15, -0.1) is 0 Å². The third-order valence-electron chi connectivity index (χ3n) is 2.09. The van der Waals surface area contributed by atoms with Crippen molar-refractivity contribution in [3.63, 3.8) is 0 Å². The predicted octanol–water partition coefficient (Wildman–Crippen LogP) is 4.46. The second kappa shape index (κ2) is 9.59. The molecule has 1 heterocycles. The Hall–Kier alpha value is -2.42. The summed E-state index contributed by atoms with van der Waals surface area (Å²) in [6, 6.07) is 0. The fourth-order valence-corrected chi connectivity index (χ4v) is 1.30. The molecule has 1 N–H and O–H groups in total. The van der Waals surface area contributed by atoms with E-state index in [4.69, 9.17) is 0 Å². The monoisotopic (exact) mass is 255 g/mol. The van der Waals surface area contributed by atoms with Crippen LogP contribution in [0.1, 0.15) is 25.1 Å². The van der Waals surface area contributed by atoms with E-state index in [1.807, 2.05) is 13.8 Å². The van der Waals surface area contributed by atoms with E-state index in [1.165, 1.54) is 6.33 Å². The Morgan fingerprint density at radius 2 is 1.79 bits per heavy atom. The standard InChI is InChI=1S/C14H15N3.C2H6/c1-5-9-11(6-2)17-14-12(7-3)13(8-4)15-10-16-14;1-2/h5-10H,1-4H2,(H,15,16,17);1-2H3/b11-9+;. The summed E-state index contributed by atoms with van der Waals surface area (Å²) < 4.78 is 0. The molecule has 0 amide bonds. The zero-order valence-corrected chi connectivity index (χ0v) is 11.7. The molecule has 0 aliphatic heterocycles. The quantitative estimate of drug-likeness (QED) is 0.763. The van der Waals surface area contributed by atoms with Crippen LogP contribution in [0.15, 0.2) is 56.6 Å². The highest BCUT2D eigenvalue weighted by molar-refractivity contribution is 5.71. The van der Waals surface area contributed by atoms with Gasteiger partial charge in [0.2, 0.25) is 0 Å². The molecule has 0 radical (unpaired) electrons. The third-order valence-corrected chi connectivity index (χ3v) is 2.09. The zero-order chi connectivity index (χ0) is 14.7. The summed E-state index contributed by atoms with van der Waals surface area (Å²) in [7, 11) is 0. The molecule has 0 saturated heterocycles. The van der Waals surface area contributed by atoms with Crippen LogP contribution >= 0.6 is 0 Å². The molecule has 1 aromatic rings. The smallest absolute Gasteiger partial charge is 0.141 e. The van der Waals surface area contributed by atoms with E-state index >= 15 is 0 Å². The molecule has 3 nitrogen and oxygen atoms in total. The average Bonchev–Trinajstić information content (AvgIpc) is 2.48. The molecule has 1 rings (SSSR count). The maximum atomic E-state index is 4.16. The SMILES string of the molecule is C=C/C=C(\C=C)Nc1ncnc(C=C)c1C=C.CC. The summed E-state index contributed by atoms with van der Waals surface area (Å²) in [4.78, 5) is 8.27. The minimum absolute atomic E-state index is 0.665. The molecule has 0 aliphatic rings. The summed E-state index contributed by atoms with van der Waals surface area (Å²) in [5.41, 5.74) is 2.34. The first-order valence-electron chi connectivity index (χ1n) is 6.08. The Bertz CT molecular complexity index is 485. The number of hydrogen-bond donors (Lipinski definition) is 1. The van der Waals surface area contributed by atoms with Crippen molar-refractivity contribution in [2.45, 2.75) is 13.8 Å². The molecular weight excluding hydrogens is 234 g/mol. The molecule has 3 heteroatoms. The van der Waals surface area contributed by atoms with Gasteiger partial charge in [0.25, 0.3) is 0 Å². The number of anilines is 1. The second-order valence-electron chi connectivity index (χ2n) is 3.12. The van der Waals surface area contributed by atoms with Gasteiger partial charge in [0.15, 0.2) is 0 Å². The van der Waals surface area contributed by atoms with E-state index in [0.29, 0.717) is 5.82 Å². The molecule has 0 aromatic carbocycles. The van der Waals surface area contributed by atoms with Gasteiger partial charge in [-0.3, -0.25) is 0 Å². The maximum absolute atomic E-state index is 4.16. The molecule has 100 valence electrons. The topological polar surface area (TPSA) is 37.8 Å². The Kier molecular flexibility index (Phi) is 8.37. The molecule has 19 heavy (non-hydrogen) atoms. The van der Waals surface area contributed by atoms with Crippen LogP contribution in [0.5, 0.6) is 0 Å². The molecule has 0 atom stereocenters. The average molecular weight is 255 g/mol. The highest BCUT2D eigenvalue weighted by atomic mass is 15.0. The van der Waals surface area contributed by atoms with Crippen molar-refractivity contribution >= 4 is 18.0 Å². The van der Waals surface area contributed by atoms with Crippen molar-refractivity contribution in [1.82, 2.24) is 9.97 Å². The van der Waals surface area contributed by atoms with Crippen molar-refractivity contribution < 1.29 is 0 Å². The predicted molar refractivity (Wildman–Crippen MR) is 85.7 cm³/mol. The summed E-state index contributed by atoms with van der Waals surface area (Å²) in [5, 5.41) is 3.13. The number of nitrogens with zero attached hydrogens (tertiary/aromatic N) is 2. The van der Waals surface area contributed by atoms with Crippen LogP contribution in [0.3, 0.4) is 0 Å². The van der Waals surface area contributed by atoms with Crippen LogP contribution < -0.4 is 5.32 Å². The number of aromatic nitrogens is 2. The van der Waals surface area contributed by atoms with Gasteiger partial charge in [0, 0.05) is 11.3 Å². The minimum Gasteiger partial charge on any atom is -0.340 e. The van der Waals surface area contributed by atoms with Crippen molar-refractivity contribution in [3.05, 3.63) is 67.8 Å². The van der Waals surface area contributed by atoms with E-state index in [0.717, 1.165) is 17.0 Å². The van der Waals surface area contributed by atoms with E-state index in [1.54, 1.807) is 30.4 Å². The van der Waals surface area contributed by atoms with Gasteiger partial charge in [-0.2, -0.15) is 0 Å². The van der Waals surface area contributed by atoms with Crippen molar-refractivity contribution in [1.29, 1.82) is 0 Å². The second-order valence-corrected chi connectivity index (χ2v) is 3.12. The van der Waals surface area contributed by atoms with Crippen molar-refractivity contribution in [3.8, 4) is 0 Å². The van der Waals surface area contributed by atoms with Gasteiger partial charge in [0.05, 0.1) is 5.69 Å². The summed E-state index contributed by atoms with van der Waals surface area (Å²) in [6.45, 7) is 18.8. The first-order valence-corrected chi connectivity index (χ1v) is 6.08. The number of allylic oxidation sites excluding steroid dienone is 3. The third kappa shape index (κ3) is 4.76. The van der Waals surface area contributed by atoms with Gasteiger partial charge in [-0.05, 0) is 18.2 Å². The lowest BCUT2D eigenvalue weighted by Gasteiger charge is -2.10. The number of nitrogens with one attached hydrogen (secondary N) is 1. The lowest BCUT2D eigenvalue weighted by atomic mass is 10.2. The molecule has 0 aliphatic carbocycles. The molecule has 0 fully saturated rings. The lowest BCUT2D eigenvalue weighted by molar-refractivity contribution is 1.14. The normalized spacial score (nSPS) is 9.68. The van der Waals surface area contributed by atoms with E-state index < -0.39 is 0 Å². The minimum atomic E-state index is 0.665. The fraction of sp³-hybridized carbons (Fsp3) is 0.125. The van der Waals surface area contributed by atoms with Gasteiger partial charge < -0.3 is 5.32 Å². The number of rotatable bonds is 6. The summed E-state index contributed by atoms with van der Waals surface area (Å²) in [5.74, 6) is 0.665. The lowest BCUT2D eigenvalue weighted by Crippen LogP contribution is -2.03. The van der Waals surface area contributed by atoms with E-state index in [2.05, 4.69) is 41.6 Å². The molecule has 0 spiro atoms. The summed E-state index contributed by atoms with van der Waals surface area (Å²) in [6.07, 6.45) is 9.98. The molecule has 0 unspecified atom stereocenters. The largest absolute Gasteiger partial charge is 0.340 e. The van der Waals surface area contributed by atoms with Crippen LogP contribution in [-0.4, -0.2) is 9.97 Å². The van der Waals surface area contributed by atoms with Crippen molar-refractivity contribution in [2.75, 3.05) is 5.32 Å². The van der Waals surface area contributed by atoms with Crippen LogP contribution in [0, 0.1) is 0 Å². The number of hydrogen-bond acceptors (Lipinski definition) is 3. The molecule has 0 bridgehead atoms. The summed E-state index contributed by atoms with van der Waals surface area (Å²) >= 11 is 0. The van der Waals surface area contributed by atoms with Crippen LogP contribution in [0.4, 0.5) is 5.82 Å². The Morgan fingerprint density at radius 3 is 2.26 bits per heavy atom. The van der Waals surface area contributed by atoms with E-state index in [-0.39, 0.29) is 0 Å². The van der Waals surface area contributed by atoms with E-state index in [9.17, 15) is 0 Å². The van der Waals surface area contributed by atoms with Gasteiger partial charge >= 0.3 is 0 Å². The Labute approximate surface area is 115 Å². The molecular formula is C16H21N3. The van der Waals surface area contributed by atoms with Crippen LogP contribution in [0.2, 0.25) is 0 Å². The fourth-order valence-electron chi connectivity index (χ4n) is 1.30. The molecule has 0 saturated carbocycles. The first-order chi connectivity index (χ1) is 9.26. The Morgan fingerprint density at radius 1 is 1.11 bits per heavy atom. The highest BCUT2D eigenvalue weighted by Gasteiger charge is 2.05. The van der Waals surface area contributed by atoms with Crippen LogP contribution in [0.25, 0.3) is 12.2 Å². The van der Waals surface area contributed by atoms with Gasteiger partial charge in [0.1, 0.15) is 12.1 Å².